The summed E-state index contributed by atoms with van der Waals surface area (Å²) in [6.45, 7) is 14.6. The molecule has 2 nitrogen and oxygen atoms in total. The van der Waals surface area contributed by atoms with Crippen molar-refractivity contribution in [1.29, 1.82) is 0 Å². The molecule has 16 heavy (non-hydrogen) atoms. The van der Waals surface area contributed by atoms with E-state index in [1.807, 2.05) is 0 Å². The molecule has 0 rings (SSSR count). The summed E-state index contributed by atoms with van der Waals surface area (Å²) in [7, 11) is 0. The molecular formula is C13H31ClO2. The number of hydrogen-bond acceptors (Lipinski definition) is 1. The summed E-state index contributed by atoms with van der Waals surface area (Å²) in [4.78, 5) is 0. The van der Waals surface area contributed by atoms with Gasteiger partial charge in [0.15, 0.2) is 0 Å². The van der Waals surface area contributed by atoms with E-state index < -0.39 is 0 Å². The van der Waals surface area contributed by atoms with E-state index in [0.717, 1.165) is 5.88 Å². The van der Waals surface area contributed by atoms with E-state index in [1.165, 1.54) is 19.3 Å². The third-order valence-corrected chi connectivity index (χ3v) is 1.62. The normalized spacial score (nSPS) is 11.2. The molecule has 0 heterocycles. The highest BCUT2D eigenvalue weighted by Crippen LogP contribution is 2.17. The van der Waals surface area contributed by atoms with Gasteiger partial charge in [-0.1, -0.05) is 19.8 Å². The van der Waals surface area contributed by atoms with E-state index in [-0.39, 0.29) is 16.7 Å². The summed E-state index contributed by atoms with van der Waals surface area (Å²) in [6, 6.07) is 0. The largest absolute Gasteiger partial charge is 0.412 e. The molecule has 0 aromatic carbocycles. The highest BCUT2D eigenvalue weighted by Gasteiger charge is 2.19. The first-order valence-corrected chi connectivity index (χ1v) is 6.42. The van der Waals surface area contributed by atoms with Crippen molar-refractivity contribution in [1.82, 2.24) is 0 Å². The fourth-order valence-corrected chi connectivity index (χ4v) is 1.45. The number of unbranched alkanes of at least 4 members (excludes halogenated alkanes) is 2. The van der Waals surface area contributed by atoms with Crippen LogP contribution in [0.4, 0.5) is 0 Å². The molecule has 0 aromatic heterocycles. The molecule has 102 valence electrons. The highest BCUT2D eigenvalue weighted by molar-refractivity contribution is 6.17. The summed E-state index contributed by atoms with van der Waals surface area (Å²) >= 11 is 5.38. The van der Waals surface area contributed by atoms with Crippen molar-refractivity contribution in [2.45, 2.75) is 78.9 Å². The summed E-state index contributed by atoms with van der Waals surface area (Å²) in [6.07, 6.45) is 3.73. The van der Waals surface area contributed by atoms with Crippen LogP contribution in [0, 0.1) is 0 Å². The van der Waals surface area contributed by atoms with Gasteiger partial charge >= 0.3 is 0 Å². The van der Waals surface area contributed by atoms with E-state index in [2.05, 4.69) is 48.5 Å². The number of halogens is 1. The fraction of sp³-hybridized carbons (Fsp3) is 1.00. The van der Waals surface area contributed by atoms with Crippen LogP contribution in [-0.2, 0) is 4.74 Å². The Morgan fingerprint density at radius 3 is 1.31 bits per heavy atom. The zero-order chi connectivity index (χ0) is 12.5. The first-order chi connectivity index (χ1) is 6.62. The van der Waals surface area contributed by atoms with Gasteiger partial charge in [-0.25, -0.2) is 0 Å². The van der Waals surface area contributed by atoms with E-state index in [1.54, 1.807) is 0 Å². The van der Waals surface area contributed by atoms with Gasteiger partial charge in [0.1, 0.15) is 0 Å². The van der Waals surface area contributed by atoms with Crippen LogP contribution in [0.25, 0.3) is 0 Å². The molecule has 0 atom stereocenters. The van der Waals surface area contributed by atoms with Gasteiger partial charge in [-0.05, 0) is 48.0 Å². The van der Waals surface area contributed by atoms with Crippen molar-refractivity contribution < 1.29 is 10.2 Å². The zero-order valence-corrected chi connectivity index (χ0v) is 12.9. The minimum Gasteiger partial charge on any atom is -0.412 e. The highest BCUT2D eigenvalue weighted by atomic mass is 35.5. The summed E-state index contributed by atoms with van der Waals surface area (Å²) < 4.78 is 5.62. The lowest BCUT2D eigenvalue weighted by molar-refractivity contribution is -0.102. The predicted molar refractivity (Wildman–Crippen MR) is 74.4 cm³/mol. The standard InChI is InChI=1S/C8H18O.C5H11Cl.H2O/c1-7(2,3)9-8(4,5)6;1-2-3-4-5-6;/h1-6H3;2-5H2,1H3;1H2. The van der Waals surface area contributed by atoms with Crippen LogP contribution in [0.5, 0.6) is 0 Å². The maximum Gasteiger partial charge on any atom is 0.0605 e. The van der Waals surface area contributed by atoms with E-state index in [4.69, 9.17) is 16.3 Å². The lowest BCUT2D eigenvalue weighted by Gasteiger charge is -2.30. The van der Waals surface area contributed by atoms with Crippen LogP contribution in [0.2, 0.25) is 0 Å². The molecule has 0 spiro atoms. The third kappa shape index (κ3) is 29.2. The summed E-state index contributed by atoms with van der Waals surface area (Å²) in [5.41, 5.74) is -0.0312. The molecule has 2 N–H and O–H groups in total. The number of hydrogen-bond donors (Lipinski definition) is 0. The van der Waals surface area contributed by atoms with Crippen molar-refractivity contribution in [2.75, 3.05) is 5.88 Å². The Morgan fingerprint density at radius 1 is 0.875 bits per heavy atom. The van der Waals surface area contributed by atoms with Crippen LogP contribution in [0.3, 0.4) is 0 Å². The van der Waals surface area contributed by atoms with Gasteiger partial charge in [0, 0.05) is 5.88 Å². The predicted octanol–water partition coefficient (Wildman–Crippen LogP) is 4.19. The second-order valence-corrected chi connectivity index (χ2v) is 6.10. The number of rotatable bonds is 3. The molecule has 0 amide bonds. The molecule has 3 heteroatoms. The second kappa shape index (κ2) is 10.4. The second-order valence-electron chi connectivity index (χ2n) is 5.72. The van der Waals surface area contributed by atoms with Crippen molar-refractivity contribution in [3.63, 3.8) is 0 Å². The lowest BCUT2D eigenvalue weighted by Crippen LogP contribution is -2.31. The maximum absolute atomic E-state index is 5.62. The van der Waals surface area contributed by atoms with Gasteiger partial charge < -0.3 is 10.2 Å². The smallest absolute Gasteiger partial charge is 0.0605 e. The van der Waals surface area contributed by atoms with E-state index >= 15 is 0 Å². The molecule has 0 aromatic rings. The number of alkyl halides is 1. The quantitative estimate of drug-likeness (QED) is 0.550. The fourth-order valence-electron chi connectivity index (χ4n) is 1.26. The Labute approximate surface area is 107 Å². The Balaban J connectivity index is -0.000000214. The molecule has 0 fully saturated rings. The van der Waals surface area contributed by atoms with E-state index in [0.29, 0.717) is 0 Å². The molecule has 0 saturated carbocycles. The molecular weight excluding hydrogens is 224 g/mol. The van der Waals surface area contributed by atoms with Gasteiger partial charge in [-0.15, -0.1) is 11.6 Å². The average Bonchev–Trinajstić information content (AvgIpc) is 1.94. The van der Waals surface area contributed by atoms with Crippen LogP contribution in [0.1, 0.15) is 67.7 Å². The summed E-state index contributed by atoms with van der Waals surface area (Å²) in [5, 5.41) is 0. The van der Waals surface area contributed by atoms with Gasteiger partial charge in [0.05, 0.1) is 11.2 Å². The van der Waals surface area contributed by atoms with Crippen LogP contribution in [-0.4, -0.2) is 22.6 Å². The van der Waals surface area contributed by atoms with Gasteiger partial charge in [0.25, 0.3) is 0 Å². The van der Waals surface area contributed by atoms with E-state index in [9.17, 15) is 0 Å². The Hall–Kier alpha value is 0.210. The molecule has 0 aliphatic heterocycles. The van der Waals surface area contributed by atoms with Crippen molar-refractivity contribution >= 4 is 11.6 Å². The molecule has 0 saturated heterocycles. The molecule has 0 aliphatic carbocycles. The van der Waals surface area contributed by atoms with Crippen molar-refractivity contribution in [2.24, 2.45) is 0 Å². The van der Waals surface area contributed by atoms with Gasteiger partial charge in [-0.2, -0.15) is 0 Å². The number of ether oxygens (including phenoxy) is 1. The first kappa shape index (κ1) is 21.5. The van der Waals surface area contributed by atoms with Gasteiger partial charge in [-0.3, -0.25) is 0 Å². The van der Waals surface area contributed by atoms with Crippen LogP contribution in [0.15, 0.2) is 0 Å². The topological polar surface area (TPSA) is 40.7 Å². The molecule has 0 aliphatic rings. The minimum atomic E-state index is -0.0156. The van der Waals surface area contributed by atoms with Crippen LogP contribution < -0.4 is 0 Å². The van der Waals surface area contributed by atoms with Gasteiger partial charge in [0.2, 0.25) is 0 Å². The monoisotopic (exact) mass is 254 g/mol. The zero-order valence-electron chi connectivity index (χ0n) is 12.1. The SMILES string of the molecule is CC(C)(C)OC(C)(C)C.CCCCCCl.O. The average molecular weight is 255 g/mol. The molecule has 0 unspecified atom stereocenters. The lowest BCUT2D eigenvalue weighted by atomic mass is 10.1. The third-order valence-electron chi connectivity index (χ3n) is 1.35. The Bertz CT molecular complexity index is 118. The Kier molecular flexibility index (Phi) is 13.9. The minimum absolute atomic E-state index is 0. The first-order valence-electron chi connectivity index (χ1n) is 5.88. The molecule has 0 bridgehead atoms. The maximum atomic E-state index is 5.62. The van der Waals surface area contributed by atoms with Crippen LogP contribution >= 0.6 is 11.6 Å². The summed E-state index contributed by atoms with van der Waals surface area (Å²) in [5.74, 6) is 0.827. The van der Waals surface area contributed by atoms with Crippen molar-refractivity contribution in [3.05, 3.63) is 0 Å². The molecule has 0 radical (unpaired) electrons. The Morgan fingerprint density at radius 2 is 1.25 bits per heavy atom. The van der Waals surface area contributed by atoms with Crippen molar-refractivity contribution in [3.8, 4) is 0 Å².